The van der Waals surface area contributed by atoms with Gasteiger partial charge in [0.15, 0.2) is 5.65 Å². The normalized spacial score (nSPS) is 12.0. The fourth-order valence-electron chi connectivity index (χ4n) is 2.47. The van der Waals surface area contributed by atoms with E-state index in [2.05, 4.69) is 25.0 Å². The van der Waals surface area contributed by atoms with Gasteiger partial charge in [-0.2, -0.15) is 18.3 Å². The van der Waals surface area contributed by atoms with Crippen LogP contribution in [0.15, 0.2) is 49.1 Å². The van der Waals surface area contributed by atoms with Gasteiger partial charge >= 0.3 is 6.18 Å². The van der Waals surface area contributed by atoms with Crippen LogP contribution in [0.4, 0.5) is 13.2 Å². The molecule has 4 rings (SSSR count). The number of nitrogens with zero attached hydrogens (tertiary/aromatic N) is 5. The van der Waals surface area contributed by atoms with Crippen LogP contribution in [0.5, 0.6) is 0 Å². The van der Waals surface area contributed by atoms with Gasteiger partial charge in [0.2, 0.25) is 0 Å². The van der Waals surface area contributed by atoms with Crippen molar-refractivity contribution in [3.8, 4) is 11.4 Å². The highest BCUT2D eigenvalue weighted by molar-refractivity contribution is 5.75. The minimum absolute atomic E-state index is 0.438. The summed E-state index contributed by atoms with van der Waals surface area (Å²) in [5.41, 5.74) is 1.80. The zero-order valence-electron chi connectivity index (χ0n) is 12.7. The Balaban J connectivity index is 1.66. The molecule has 0 bridgehead atoms. The number of nitrogens with one attached hydrogen (secondary N) is 1. The van der Waals surface area contributed by atoms with E-state index < -0.39 is 11.9 Å². The van der Waals surface area contributed by atoms with E-state index in [1.165, 1.54) is 6.07 Å². The van der Waals surface area contributed by atoms with E-state index in [1.54, 1.807) is 23.3 Å². The Hall–Kier alpha value is -3.23. The first-order valence-corrected chi connectivity index (χ1v) is 7.35. The standard InChI is InChI=1S/C16H11F3N6/c17-16(18,19)13-4-3-11(7-21-13)14-23-12-8-22-25(15(12)24-14)9-10-2-1-5-20-6-10/h1-8H,9H2,(H,23,24). The average molecular weight is 344 g/mol. The molecule has 0 aliphatic rings. The van der Waals surface area contributed by atoms with Crippen LogP contribution >= 0.6 is 0 Å². The number of halogens is 3. The van der Waals surface area contributed by atoms with Crippen molar-refractivity contribution in [1.29, 1.82) is 0 Å². The van der Waals surface area contributed by atoms with Crippen molar-refractivity contribution in [2.24, 2.45) is 0 Å². The van der Waals surface area contributed by atoms with Crippen LogP contribution in [0.1, 0.15) is 11.3 Å². The van der Waals surface area contributed by atoms with Crippen LogP contribution < -0.4 is 0 Å². The Kier molecular flexibility index (Phi) is 3.48. The van der Waals surface area contributed by atoms with Gasteiger partial charge in [-0.1, -0.05) is 6.07 Å². The highest BCUT2D eigenvalue weighted by atomic mass is 19.4. The monoisotopic (exact) mass is 344 g/mol. The van der Waals surface area contributed by atoms with Gasteiger partial charge in [0.25, 0.3) is 0 Å². The lowest BCUT2D eigenvalue weighted by Gasteiger charge is -2.05. The Morgan fingerprint density at radius 3 is 2.64 bits per heavy atom. The molecule has 0 saturated heterocycles. The van der Waals surface area contributed by atoms with Gasteiger partial charge in [-0.05, 0) is 23.8 Å². The summed E-state index contributed by atoms with van der Waals surface area (Å²) in [6.07, 6.45) is 1.74. The van der Waals surface area contributed by atoms with Crippen LogP contribution in [-0.2, 0) is 12.7 Å². The second-order valence-corrected chi connectivity index (χ2v) is 5.42. The van der Waals surface area contributed by atoms with Gasteiger partial charge < -0.3 is 4.98 Å². The van der Waals surface area contributed by atoms with Gasteiger partial charge in [-0.15, -0.1) is 0 Å². The highest BCUT2D eigenvalue weighted by Gasteiger charge is 2.32. The predicted octanol–water partition coefficient (Wildman–Crippen LogP) is 3.28. The molecule has 4 heterocycles. The van der Waals surface area contributed by atoms with Crippen LogP contribution in [0.2, 0.25) is 0 Å². The summed E-state index contributed by atoms with van der Waals surface area (Å²) in [4.78, 5) is 15.0. The molecular formula is C16H11F3N6. The number of alkyl halides is 3. The third kappa shape index (κ3) is 2.95. The SMILES string of the molecule is FC(F)(F)c1ccc(-c2nc3c(cnn3Cc3cccnc3)[nH]2)cn1. The number of fused-ring (bicyclic) bond motifs is 1. The van der Waals surface area contributed by atoms with Gasteiger partial charge in [0.05, 0.1) is 12.7 Å². The van der Waals surface area contributed by atoms with Crippen molar-refractivity contribution < 1.29 is 13.2 Å². The second-order valence-electron chi connectivity index (χ2n) is 5.42. The fourth-order valence-corrected chi connectivity index (χ4v) is 2.47. The van der Waals surface area contributed by atoms with E-state index in [0.29, 0.717) is 29.1 Å². The van der Waals surface area contributed by atoms with Crippen LogP contribution in [0.3, 0.4) is 0 Å². The van der Waals surface area contributed by atoms with Crippen molar-refractivity contribution in [3.05, 3.63) is 60.3 Å². The van der Waals surface area contributed by atoms with Gasteiger partial charge in [-0.3, -0.25) is 9.97 Å². The molecule has 0 aliphatic carbocycles. The van der Waals surface area contributed by atoms with E-state index in [-0.39, 0.29) is 0 Å². The molecule has 0 fully saturated rings. The Morgan fingerprint density at radius 1 is 1.08 bits per heavy atom. The molecule has 0 aromatic carbocycles. The molecule has 0 unspecified atom stereocenters. The Labute approximate surface area is 139 Å². The van der Waals surface area contributed by atoms with Crippen LogP contribution in [-0.4, -0.2) is 29.7 Å². The maximum atomic E-state index is 12.6. The zero-order valence-corrected chi connectivity index (χ0v) is 12.7. The maximum absolute atomic E-state index is 12.6. The molecule has 0 amide bonds. The molecule has 0 spiro atoms. The lowest BCUT2D eigenvalue weighted by Crippen LogP contribution is -2.07. The molecular weight excluding hydrogens is 333 g/mol. The topological polar surface area (TPSA) is 72.3 Å². The second kappa shape index (κ2) is 5.69. The van der Waals surface area contributed by atoms with E-state index in [1.807, 2.05) is 12.1 Å². The number of H-pyrrole nitrogens is 1. The fraction of sp³-hybridized carbons (Fsp3) is 0.125. The molecule has 6 nitrogen and oxygen atoms in total. The van der Waals surface area contributed by atoms with Crippen LogP contribution in [0.25, 0.3) is 22.6 Å². The maximum Gasteiger partial charge on any atom is 0.433 e. The summed E-state index contributed by atoms with van der Waals surface area (Å²) in [7, 11) is 0. The van der Waals surface area contributed by atoms with Crippen molar-refractivity contribution in [2.45, 2.75) is 12.7 Å². The van der Waals surface area contributed by atoms with E-state index >= 15 is 0 Å². The summed E-state index contributed by atoms with van der Waals surface area (Å²) >= 11 is 0. The van der Waals surface area contributed by atoms with Gasteiger partial charge in [-0.25, -0.2) is 9.67 Å². The molecule has 4 aromatic heterocycles. The number of pyridine rings is 2. The molecule has 25 heavy (non-hydrogen) atoms. The molecule has 0 aliphatic heterocycles. The zero-order chi connectivity index (χ0) is 17.4. The minimum atomic E-state index is -4.46. The quantitative estimate of drug-likeness (QED) is 0.619. The van der Waals surface area contributed by atoms with E-state index in [9.17, 15) is 13.2 Å². The number of aromatic nitrogens is 6. The smallest absolute Gasteiger partial charge is 0.335 e. The molecule has 1 N–H and O–H groups in total. The molecule has 0 radical (unpaired) electrons. The van der Waals surface area contributed by atoms with Crippen molar-refractivity contribution in [2.75, 3.05) is 0 Å². The number of hydrogen-bond donors (Lipinski definition) is 1. The number of aromatic amines is 1. The lowest BCUT2D eigenvalue weighted by atomic mass is 10.2. The number of rotatable bonds is 3. The highest BCUT2D eigenvalue weighted by Crippen LogP contribution is 2.28. The first-order valence-electron chi connectivity index (χ1n) is 7.35. The third-order valence-electron chi connectivity index (χ3n) is 3.66. The summed E-state index contributed by atoms with van der Waals surface area (Å²) in [6, 6.07) is 6.03. The Bertz CT molecular complexity index is 1000. The van der Waals surface area contributed by atoms with Gasteiger partial charge in [0, 0.05) is 24.2 Å². The predicted molar refractivity (Wildman–Crippen MR) is 83.5 cm³/mol. The summed E-state index contributed by atoms with van der Waals surface area (Å²) < 4.78 is 39.5. The largest absolute Gasteiger partial charge is 0.433 e. The van der Waals surface area contributed by atoms with Gasteiger partial charge in [0.1, 0.15) is 17.0 Å². The average Bonchev–Trinajstić information content (AvgIpc) is 3.17. The first kappa shape index (κ1) is 15.3. The molecule has 0 saturated carbocycles. The third-order valence-corrected chi connectivity index (χ3v) is 3.66. The van der Waals surface area contributed by atoms with Crippen molar-refractivity contribution >= 4 is 11.2 Å². The minimum Gasteiger partial charge on any atom is -0.335 e. The Morgan fingerprint density at radius 2 is 1.96 bits per heavy atom. The van der Waals surface area contributed by atoms with Crippen LogP contribution in [0, 0.1) is 0 Å². The molecule has 9 heteroatoms. The first-order chi connectivity index (χ1) is 12.0. The summed E-state index contributed by atoms with van der Waals surface area (Å²) in [5, 5.41) is 4.26. The number of hydrogen-bond acceptors (Lipinski definition) is 4. The lowest BCUT2D eigenvalue weighted by molar-refractivity contribution is -0.141. The van der Waals surface area contributed by atoms with E-state index in [4.69, 9.17) is 0 Å². The van der Waals surface area contributed by atoms with E-state index in [0.717, 1.165) is 17.8 Å². The number of imidazole rings is 1. The molecule has 0 atom stereocenters. The van der Waals surface area contributed by atoms with Crippen molar-refractivity contribution in [1.82, 2.24) is 29.7 Å². The molecule has 126 valence electrons. The summed E-state index contributed by atoms with van der Waals surface area (Å²) in [5.74, 6) is 0.438. The summed E-state index contributed by atoms with van der Waals surface area (Å²) in [6.45, 7) is 0.493. The van der Waals surface area contributed by atoms with Crippen molar-refractivity contribution in [3.63, 3.8) is 0 Å². The molecule has 4 aromatic rings.